The Bertz CT molecular complexity index is 1240. The number of methoxy groups -OCH3 is 1. The van der Waals surface area contributed by atoms with Gasteiger partial charge in [-0.15, -0.1) is 0 Å². The molecule has 2 atom stereocenters. The molecule has 2 amide bonds. The van der Waals surface area contributed by atoms with Crippen LogP contribution >= 0.6 is 0 Å². The van der Waals surface area contributed by atoms with E-state index >= 15 is 0 Å². The number of aromatic nitrogens is 3. The lowest BCUT2D eigenvalue weighted by atomic mass is 9.94. The van der Waals surface area contributed by atoms with E-state index in [0.717, 1.165) is 25.2 Å². The van der Waals surface area contributed by atoms with Gasteiger partial charge in [0.15, 0.2) is 0 Å². The molecule has 1 fully saturated rings. The molecule has 0 bridgehead atoms. The molecule has 0 aliphatic carbocycles. The van der Waals surface area contributed by atoms with Gasteiger partial charge in [0.2, 0.25) is 5.78 Å². The minimum Gasteiger partial charge on any atom is -0.383 e. The molecule has 8 nitrogen and oxygen atoms in total. The Kier molecular flexibility index (Phi) is 6.51. The second-order valence-electron chi connectivity index (χ2n) is 8.44. The minimum atomic E-state index is -0.262. The van der Waals surface area contributed by atoms with Crippen molar-refractivity contribution in [2.24, 2.45) is 0 Å². The maximum atomic E-state index is 13.3. The van der Waals surface area contributed by atoms with Gasteiger partial charge in [-0.05, 0) is 11.6 Å². The summed E-state index contributed by atoms with van der Waals surface area (Å²) in [6.45, 7) is 3.12. The molecule has 4 aromatic rings. The molecule has 2 aromatic carbocycles. The molecule has 34 heavy (non-hydrogen) atoms. The number of hydrogen-bond acceptors (Lipinski definition) is 5. The molecule has 1 saturated heterocycles. The lowest BCUT2D eigenvalue weighted by Crippen LogP contribution is -2.42. The standard InChI is InChI=1S/C26H28N6O2/c1-34-16-15-31-17-21(19-9-4-2-5-10-19)22(18-31)28-26(33)30-24-23(20-11-6-3-7-12-20)29-25-27-13-8-14-32(24)25/h2-14,21-22H,15-18H2,1H3,(H2,28,30,33)/t21-,22+/m1/s1. The minimum absolute atomic E-state index is 0.0308. The Balaban J connectivity index is 1.39. The van der Waals surface area contributed by atoms with Crippen LogP contribution < -0.4 is 10.6 Å². The second kappa shape index (κ2) is 10.0. The lowest BCUT2D eigenvalue weighted by Gasteiger charge is -2.20. The highest BCUT2D eigenvalue weighted by Crippen LogP contribution is 2.30. The van der Waals surface area contributed by atoms with Gasteiger partial charge in [0, 0.05) is 50.6 Å². The number of amides is 2. The SMILES string of the molecule is COCCN1C[C@H](NC(=O)Nc2c(-c3ccccc3)nc3ncccn23)[C@@H](c2ccccc2)C1. The number of imidazole rings is 1. The third-order valence-corrected chi connectivity index (χ3v) is 6.23. The van der Waals surface area contributed by atoms with Crippen LogP contribution in [0.25, 0.3) is 17.0 Å². The van der Waals surface area contributed by atoms with Crippen molar-refractivity contribution in [1.29, 1.82) is 0 Å². The molecule has 0 spiro atoms. The van der Waals surface area contributed by atoms with E-state index < -0.39 is 0 Å². The summed E-state index contributed by atoms with van der Waals surface area (Å²) in [6.07, 6.45) is 3.55. The third kappa shape index (κ3) is 4.64. The van der Waals surface area contributed by atoms with Gasteiger partial charge in [0.05, 0.1) is 12.6 Å². The number of urea groups is 1. The number of ether oxygens (including phenoxy) is 1. The zero-order valence-electron chi connectivity index (χ0n) is 19.1. The number of fused-ring (bicyclic) bond motifs is 1. The van der Waals surface area contributed by atoms with Crippen molar-refractivity contribution >= 4 is 17.6 Å². The Hall–Kier alpha value is -3.75. The summed E-state index contributed by atoms with van der Waals surface area (Å²) in [7, 11) is 1.71. The summed E-state index contributed by atoms with van der Waals surface area (Å²) in [6, 6.07) is 21.7. The Morgan fingerprint density at radius 3 is 2.59 bits per heavy atom. The van der Waals surface area contributed by atoms with Gasteiger partial charge in [0.1, 0.15) is 11.5 Å². The van der Waals surface area contributed by atoms with Gasteiger partial charge in [-0.25, -0.2) is 14.8 Å². The van der Waals surface area contributed by atoms with Crippen LogP contribution in [-0.4, -0.2) is 64.7 Å². The van der Waals surface area contributed by atoms with Crippen LogP contribution in [0, 0.1) is 0 Å². The number of anilines is 1. The van der Waals surface area contributed by atoms with Gasteiger partial charge in [0.25, 0.3) is 0 Å². The molecule has 3 heterocycles. The van der Waals surface area contributed by atoms with Gasteiger partial charge in [-0.1, -0.05) is 60.7 Å². The molecule has 5 rings (SSSR count). The average Bonchev–Trinajstić information content (AvgIpc) is 3.45. The predicted octanol–water partition coefficient (Wildman–Crippen LogP) is 3.63. The first-order valence-corrected chi connectivity index (χ1v) is 11.4. The quantitative estimate of drug-likeness (QED) is 0.444. The first kappa shape index (κ1) is 22.1. The van der Waals surface area contributed by atoms with Gasteiger partial charge < -0.3 is 10.1 Å². The third-order valence-electron chi connectivity index (χ3n) is 6.23. The van der Waals surface area contributed by atoms with Crippen molar-refractivity contribution in [3.8, 4) is 11.3 Å². The lowest BCUT2D eigenvalue weighted by molar-refractivity contribution is 0.159. The maximum absolute atomic E-state index is 13.3. The highest BCUT2D eigenvalue weighted by molar-refractivity contribution is 5.93. The van der Waals surface area contributed by atoms with E-state index in [1.807, 2.05) is 60.8 Å². The molecule has 0 saturated carbocycles. The summed E-state index contributed by atoms with van der Waals surface area (Å²) in [5, 5.41) is 6.28. The van der Waals surface area contributed by atoms with Crippen LogP contribution in [-0.2, 0) is 4.74 Å². The van der Waals surface area contributed by atoms with Crippen molar-refractivity contribution in [1.82, 2.24) is 24.6 Å². The number of nitrogens with one attached hydrogen (secondary N) is 2. The predicted molar refractivity (Wildman–Crippen MR) is 132 cm³/mol. The summed E-state index contributed by atoms with van der Waals surface area (Å²) in [4.78, 5) is 24.6. The molecule has 2 N–H and O–H groups in total. The monoisotopic (exact) mass is 456 g/mol. The number of carbonyl (C=O) groups excluding carboxylic acids is 1. The van der Waals surface area contributed by atoms with Crippen molar-refractivity contribution in [3.05, 3.63) is 84.7 Å². The van der Waals surface area contributed by atoms with Crippen LogP contribution in [0.5, 0.6) is 0 Å². The Labute approximate surface area is 198 Å². The zero-order chi connectivity index (χ0) is 23.3. The van der Waals surface area contributed by atoms with E-state index in [1.165, 1.54) is 5.56 Å². The number of hydrogen-bond donors (Lipinski definition) is 2. The number of likely N-dealkylation sites (tertiary alicyclic amines) is 1. The van der Waals surface area contributed by atoms with Gasteiger partial charge >= 0.3 is 6.03 Å². The van der Waals surface area contributed by atoms with E-state index in [-0.39, 0.29) is 18.0 Å². The fourth-order valence-electron chi connectivity index (χ4n) is 4.59. The first-order chi connectivity index (χ1) is 16.7. The van der Waals surface area contributed by atoms with Gasteiger partial charge in [-0.2, -0.15) is 0 Å². The number of nitrogens with zero attached hydrogens (tertiary/aromatic N) is 4. The maximum Gasteiger partial charge on any atom is 0.320 e. The fraction of sp³-hybridized carbons (Fsp3) is 0.269. The smallest absolute Gasteiger partial charge is 0.320 e. The van der Waals surface area contributed by atoms with E-state index in [1.54, 1.807) is 17.7 Å². The second-order valence-corrected chi connectivity index (χ2v) is 8.44. The average molecular weight is 457 g/mol. The fourth-order valence-corrected chi connectivity index (χ4v) is 4.59. The van der Waals surface area contributed by atoms with Crippen LogP contribution in [0.1, 0.15) is 11.5 Å². The first-order valence-electron chi connectivity index (χ1n) is 11.4. The highest BCUT2D eigenvalue weighted by Gasteiger charge is 2.34. The van der Waals surface area contributed by atoms with E-state index in [0.29, 0.717) is 23.9 Å². The van der Waals surface area contributed by atoms with Crippen LogP contribution in [0.3, 0.4) is 0 Å². The molecular weight excluding hydrogens is 428 g/mol. The molecule has 8 heteroatoms. The zero-order valence-corrected chi connectivity index (χ0v) is 19.1. The van der Waals surface area contributed by atoms with Crippen molar-refractivity contribution in [2.45, 2.75) is 12.0 Å². The Morgan fingerprint density at radius 1 is 1.06 bits per heavy atom. The van der Waals surface area contributed by atoms with E-state index in [9.17, 15) is 4.79 Å². The van der Waals surface area contributed by atoms with Gasteiger partial charge in [-0.3, -0.25) is 14.6 Å². The summed E-state index contributed by atoms with van der Waals surface area (Å²) < 4.78 is 7.07. The number of rotatable bonds is 7. The van der Waals surface area contributed by atoms with E-state index in [4.69, 9.17) is 4.74 Å². The summed E-state index contributed by atoms with van der Waals surface area (Å²) in [5.41, 5.74) is 2.82. The summed E-state index contributed by atoms with van der Waals surface area (Å²) in [5.74, 6) is 1.32. The highest BCUT2D eigenvalue weighted by atomic mass is 16.5. The van der Waals surface area contributed by atoms with E-state index in [2.05, 4.69) is 37.6 Å². The molecule has 1 aliphatic heterocycles. The molecule has 174 valence electrons. The van der Waals surface area contributed by atoms with Crippen molar-refractivity contribution in [2.75, 3.05) is 38.7 Å². The number of benzene rings is 2. The number of carbonyl (C=O) groups is 1. The molecule has 0 radical (unpaired) electrons. The Morgan fingerprint density at radius 2 is 1.82 bits per heavy atom. The van der Waals surface area contributed by atoms with Crippen LogP contribution in [0.2, 0.25) is 0 Å². The largest absolute Gasteiger partial charge is 0.383 e. The van der Waals surface area contributed by atoms with Crippen LogP contribution in [0.4, 0.5) is 10.6 Å². The molecule has 1 aliphatic rings. The molecular formula is C26H28N6O2. The van der Waals surface area contributed by atoms with Crippen molar-refractivity contribution in [3.63, 3.8) is 0 Å². The molecule has 0 unspecified atom stereocenters. The normalized spacial score (nSPS) is 18.3. The summed E-state index contributed by atoms with van der Waals surface area (Å²) >= 11 is 0. The molecule has 2 aromatic heterocycles. The van der Waals surface area contributed by atoms with Crippen molar-refractivity contribution < 1.29 is 9.53 Å². The van der Waals surface area contributed by atoms with Crippen LogP contribution in [0.15, 0.2) is 79.1 Å². The topological polar surface area (TPSA) is 83.8 Å².